The van der Waals surface area contributed by atoms with Gasteiger partial charge >= 0.3 is 0 Å². The van der Waals surface area contributed by atoms with Crippen LogP contribution in [0.2, 0.25) is 0 Å². The first-order valence-corrected chi connectivity index (χ1v) is 9.38. The first-order valence-electron chi connectivity index (χ1n) is 9.38. The summed E-state index contributed by atoms with van der Waals surface area (Å²) in [5.74, 6) is 0.186. The van der Waals surface area contributed by atoms with E-state index in [1.54, 1.807) is 0 Å². The van der Waals surface area contributed by atoms with Gasteiger partial charge in [0.2, 0.25) is 0 Å². The lowest BCUT2D eigenvalue weighted by Crippen LogP contribution is -3.30. The molecule has 138 valence electrons. The minimum Gasteiger partial charge on any atom is -0.351 e. The summed E-state index contributed by atoms with van der Waals surface area (Å²) in [6.45, 7) is 10.9. The van der Waals surface area contributed by atoms with Crippen LogP contribution in [0.3, 0.4) is 0 Å². The van der Waals surface area contributed by atoms with Gasteiger partial charge < -0.3 is 20.4 Å². The predicted molar refractivity (Wildman–Crippen MR) is 98.9 cm³/mol. The fourth-order valence-corrected chi connectivity index (χ4v) is 3.42. The number of nitrogens with one attached hydrogen (secondary N) is 4. The summed E-state index contributed by atoms with van der Waals surface area (Å²) in [5.41, 5.74) is 2.08. The van der Waals surface area contributed by atoms with Crippen molar-refractivity contribution in [2.45, 2.75) is 33.2 Å². The molecule has 1 aromatic carbocycles. The number of amides is 2. The standard InChI is InChI=1S/C19H30N4O2/c1-4-16-8-6-7-9-17(16)21-18(24)14-22-10-12-23(13-11-22)15(3)19(25)20-5-2/h6-9,15H,4-5,10-14H2,1-3H3,(H,20,25)(H,21,24)/p+2/t15-/m0/s1. The van der Waals surface area contributed by atoms with E-state index in [0.717, 1.165) is 43.9 Å². The van der Waals surface area contributed by atoms with Gasteiger partial charge in [0.1, 0.15) is 26.2 Å². The summed E-state index contributed by atoms with van der Waals surface area (Å²) in [5, 5.41) is 5.94. The molecule has 1 heterocycles. The molecule has 1 aromatic rings. The average molecular weight is 348 g/mol. The Hall–Kier alpha value is -1.92. The summed E-state index contributed by atoms with van der Waals surface area (Å²) in [4.78, 5) is 26.9. The van der Waals surface area contributed by atoms with Crippen molar-refractivity contribution >= 4 is 17.5 Å². The van der Waals surface area contributed by atoms with Crippen molar-refractivity contribution in [2.75, 3.05) is 44.6 Å². The van der Waals surface area contributed by atoms with Gasteiger partial charge in [-0.15, -0.1) is 0 Å². The minimum absolute atomic E-state index is 0.0215. The third-order valence-corrected chi connectivity index (χ3v) is 5.04. The molecule has 4 N–H and O–H groups in total. The highest BCUT2D eigenvalue weighted by Gasteiger charge is 2.31. The van der Waals surface area contributed by atoms with Gasteiger partial charge in [0.05, 0.1) is 0 Å². The molecule has 0 aromatic heterocycles. The van der Waals surface area contributed by atoms with Crippen LogP contribution < -0.4 is 20.4 Å². The van der Waals surface area contributed by atoms with E-state index < -0.39 is 0 Å². The SMILES string of the molecule is CCNC(=O)[C@H](C)[NH+]1CC[NH+](CC(=O)Nc2ccccc2CC)CC1. The fourth-order valence-electron chi connectivity index (χ4n) is 3.42. The molecule has 0 aliphatic carbocycles. The lowest BCUT2D eigenvalue weighted by Gasteiger charge is -2.32. The second kappa shape index (κ2) is 9.53. The molecule has 25 heavy (non-hydrogen) atoms. The summed E-state index contributed by atoms with van der Waals surface area (Å²) in [6.07, 6.45) is 0.906. The molecule has 2 amide bonds. The highest BCUT2D eigenvalue weighted by Crippen LogP contribution is 2.14. The zero-order chi connectivity index (χ0) is 18.2. The van der Waals surface area contributed by atoms with Crippen LogP contribution in [0.15, 0.2) is 24.3 Å². The van der Waals surface area contributed by atoms with Crippen molar-refractivity contribution in [3.8, 4) is 0 Å². The molecule has 6 heteroatoms. The number of hydrogen-bond acceptors (Lipinski definition) is 2. The molecule has 2 rings (SSSR count). The molecular weight excluding hydrogens is 316 g/mol. The van der Waals surface area contributed by atoms with Gasteiger partial charge in [0.15, 0.2) is 12.6 Å². The number of hydrogen-bond donors (Lipinski definition) is 4. The highest BCUT2D eigenvalue weighted by atomic mass is 16.2. The zero-order valence-corrected chi connectivity index (χ0v) is 15.7. The third-order valence-electron chi connectivity index (χ3n) is 5.04. The molecule has 0 bridgehead atoms. The number of piperazine rings is 1. The number of carbonyl (C=O) groups is 2. The summed E-state index contributed by atoms with van der Waals surface area (Å²) in [6, 6.07) is 7.94. The molecule has 1 atom stereocenters. The van der Waals surface area contributed by atoms with Crippen molar-refractivity contribution in [1.82, 2.24) is 5.32 Å². The van der Waals surface area contributed by atoms with Gasteiger partial charge in [-0.05, 0) is 31.9 Å². The lowest BCUT2D eigenvalue weighted by molar-refractivity contribution is -1.01. The molecule has 1 fully saturated rings. The number of benzene rings is 1. The maximum absolute atomic E-state index is 12.4. The third kappa shape index (κ3) is 5.54. The Balaban J connectivity index is 1.79. The van der Waals surface area contributed by atoms with Crippen LogP contribution in [-0.4, -0.2) is 57.1 Å². The quantitative estimate of drug-likeness (QED) is 0.484. The molecule has 0 spiro atoms. The fraction of sp³-hybridized carbons (Fsp3) is 0.579. The number of anilines is 1. The van der Waals surface area contributed by atoms with Crippen LogP contribution in [-0.2, 0) is 16.0 Å². The second-order valence-corrected chi connectivity index (χ2v) is 6.76. The van der Waals surface area contributed by atoms with E-state index >= 15 is 0 Å². The Kier molecular flexibility index (Phi) is 7.40. The summed E-state index contributed by atoms with van der Waals surface area (Å²) < 4.78 is 0. The predicted octanol–water partition coefficient (Wildman–Crippen LogP) is -1.50. The number of para-hydroxylation sites is 1. The van der Waals surface area contributed by atoms with Gasteiger partial charge in [0, 0.05) is 12.2 Å². The normalized spacial score (nSPS) is 21.4. The Morgan fingerprint density at radius 1 is 1.12 bits per heavy atom. The highest BCUT2D eigenvalue weighted by molar-refractivity contribution is 5.92. The van der Waals surface area contributed by atoms with Crippen molar-refractivity contribution in [1.29, 1.82) is 0 Å². The molecule has 1 saturated heterocycles. The second-order valence-electron chi connectivity index (χ2n) is 6.76. The van der Waals surface area contributed by atoms with Crippen molar-refractivity contribution in [2.24, 2.45) is 0 Å². The topological polar surface area (TPSA) is 67.1 Å². The Morgan fingerprint density at radius 2 is 1.80 bits per heavy atom. The first-order chi connectivity index (χ1) is 12.0. The van der Waals surface area contributed by atoms with E-state index in [4.69, 9.17) is 0 Å². The van der Waals surface area contributed by atoms with E-state index in [0.29, 0.717) is 13.1 Å². The maximum atomic E-state index is 12.4. The molecule has 1 aliphatic rings. The maximum Gasteiger partial charge on any atom is 0.279 e. The van der Waals surface area contributed by atoms with Crippen molar-refractivity contribution < 1.29 is 19.4 Å². The molecular formula is C19H32N4O2+2. The van der Waals surface area contributed by atoms with Gasteiger partial charge in [0.25, 0.3) is 11.8 Å². The number of quaternary nitrogens is 2. The van der Waals surface area contributed by atoms with Gasteiger partial charge in [-0.3, -0.25) is 9.59 Å². The summed E-state index contributed by atoms with van der Waals surface area (Å²) >= 11 is 0. The first kappa shape index (κ1) is 19.4. The molecule has 0 radical (unpaired) electrons. The Labute approximate surface area is 150 Å². The lowest BCUT2D eigenvalue weighted by atomic mass is 10.1. The largest absolute Gasteiger partial charge is 0.351 e. The van der Waals surface area contributed by atoms with Crippen LogP contribution in [0, 0.1) is 0 Å². The number of carbonyl (C=O) groups excluding carboxylic acids is 2. The molecule has 6 nitrogen and oxygen atoms in total. The van der Waals surface area contributed by atoms with Crippen LogP contribution in [0.25, 0.3) is 0 Å². The average Bonchev–Trinajstić information content (AvgIpc) is 2.62. The van der Waals surface area contributed by atoms with Gasteiger partial charge in [-0.2, -0.15) is 0 Å². The number of aryl methyl sites for hydroxylation is 1. The smallest absolute Gasteiger partial charge is 0.279 e. The Bertz CT molecular complexity index is 583. The number of likely N-dealkylation sites (N-methyl/N-ethyl adjacent to an activating group) is 1. The minimum atomic E-state index is -0.0215. The molecule has 0 unspecified atom stereocenters. The van der Waals surface area contributed by atoms with Crippen molar-refractivity contribution in [3.05, 3.63) is 29.8 Å². The summed E-state index contributed by atoms with van der Waals surface area (Å²) in [7, 11) is 0. The van der Waals surface area contributed by atoms with Gasteiger partial charge in [-0.1, -0.05) is 25.1 Å². The van der Waals surface area contributed by atoms with Crippen LogP contribution >= 0.6 is 0 Å². The van der Waals surface area contributed by atoms with E-state index in [-0.39, 0.29) is 17.9 Å². The Morgan fingerprint density at radius 3 is 2.44 bits per heavy atom. The van der Waals surface area contributed by atoms with Crippen LogP contribution in [0.1, 0.15) is 26.3 Å². The monoisotopic (exact) mass is 348 g/mol. The van der Waals surface area contributed by atoms with E-state index in [1.807, 2.05) is 38.1 Å². The molecule has 0 saturated carbocycles. The van der Waals surface area contributed by atoms with Crippen LogP contribution in [0.5, 0.6) is 0 Å². The van der Waals surface area contributed by atoms with E-state index in [9.17, 15) is 9.59 Å². The molecule has 1 aliphatic heterocycles. The van der Waals surface area contributed by atoms with Gasteiger partial charge in [-0.25, -0.2) is 0 Å². The number of rotatable bonds is 7. The van der Waals surface area contributed by atoms with Crippen molar-refractivity contribution in [3.63, 3.8) is 0 Å². The van der Waals surface area contributed by atoms with E-state index in [1.165, 1.54) is 9.80 Å². The van der Waals surface area contributed by atoms with Crippen LogP contribution in [0.4, 0.5) is 5.69 Å². The van der Waals surface area contributed by atoms with E-state index in [2.05, 4.69) is 17.6 Å². The zero-order valence-electron chi connectivity index (χ0n) is 15.7.